The summed E-state index contributed by atoms with van der Waals surface area (Å²) in [7, 11) is 0. The minimum Gasteiger partial charge on any atom is -0.234 e. The average molecular weight is 496 g/mol. The molecule has 0 spiro atoms. The van der Waals surface area contributed by atoms with E-state index in [1.165, 1.54) is 153 Å². The van der Waals surface area contributed by atoms with Gasteiger partial charge in [-0.15, -0.1) is 0 Å². The second-order valence-electron chi connectivity index (χ2n) is 11.1. The number of aryl methyl sites for hydroxylation is 1. The first-order chi connectivity index (χ1) is 17.8. The van der Waals surface area contributed by atoms with E-state index < -0.39 is 0 Å². The molecular formula is C34H59N2+. The number of nitrogens with zero attached hydrogens (tertiary/aromatic N) is 2. The fourth-order valence-electron chi connectivity index (χ4n) is 5.45. The molecule has 204 valence electrons. The lowest BCUT2D eigenvalue weighted by Gasteiger charge is -2.07. The summed E-state index contributed by atoms with van der Waals surface area (Å²) in [5, 5.41) is 0. The van der Waals surface area contributed by atoms with Gasteiger partial charge in [0, 0.05) is 6.42 Å². The van der Waals surface area contributed by atoms with Crippen molar-refractivity contribution >= 4 is 0 Å². The van der Waals surface area contributed by atoms with Crippen LogP contribution in [-0.4, -0.2) is 4.57 Å². The molecule has 0 aliphatic rings. The predicted molar refractivity (Wildman–Crippen MR) is 158 cm³/mol. The highest BCUT2D eigenvalue weighted by Gasteiger charge is 2.17. The van der Waals surface area contributed by atoms with E-state index >= 15 is 0 Å². The lowest BCUT2D eigenvalue weighted by Crippen LogP contribution is -2.37. The summed E-state index contributed by atoms with van der Waals surface area (Å²) in [6.45, 7) is 6.78. The number of rotatable bonds is 24. The molecule has 36 heavy (non-hydrogen) atoms. The predicted octanol–water partition coefficient (Wildman–Crippen LogP) is 10.2. The Kier molecular flexibility index (Phi) is 18.3. The third-order valence-electron chi connectivity index (χ3n) is 7.79. The van der Waals surface area contributed by atoms with Crippen molar-refractivity contribution in [3.63, 3.8) is 0 Å². The SMILES string of the molecule is CCCCCCCCCCCCCCCCCc1n(CCCCCCC)cc[n+]1Cc1ccccc1. The van der Waals surface area contributed by atoms with Crippen molar-refractivity contribution in [2.75, 3.05) is 0 Å². The minimum atomic E-state index is 0.998. The van der Waals surface area contributed by atoms with Gasteiger partial charge in [-0.25, -0.2) is 9.13 Å². The van der Waals surface area contributed by atoms with Crippen molar-refractivity contribution in [2.45, 2.75) is 162 Å². The molecule has 0 aliphatic carbocycles. The molecule has 1 aromatic heterocycles. The van der Waals surface area contributed by atoms with Crippen LogP contribution in [0.2, 0.25) is 0 Å². The van der Waals surface area contributed by atoms with Crippen molar-refractivity contribution in [2.24, 2.45) is 0 Å². The van der Waals surface area contributed by atoms with Crippen molar-refractivity contribution in [3.05, 3.63) is 54.1 Å². The Morgan fingerprint density at radius 2 is 1.03 bits per heavy atom. The van der Waals surface area contributed by atoms with E-state index in [4.69, 9.17) is 0 Å². The quantitative estimate of drug-likeness (QED) is 0.101. The largest absolute Gasteiger partial charge is 0.256 e. The van der Waals surface area contributed by atoms with E-state index in [0.29, 0.717) is 0 Å². The van der Waals surface area contributed by atoms with Crippen LogP contribution in [0.25, 0.3) is 0 Å². The van der Waals surface area contributed by atoms with Crippen LogP contribution in [0.3, 0.4) is 0 Å². The van der Waals surface area contributed by atoms with Gasteiger partial charge < -0.3 is 0 Å². The van der Waals surface area contributed by atoms with E-state index in [2.05, 4.69) is 65.7 Å². The van der Waals surface area contributed by atoms with Crippen LogP contribution in [0, 0.1) is 0 Å². The highest BCUT2D eigenvalue weighted by molar-refractivity contribution is 5.13. The highest BCUT2D eigenvalue weighted by Crippen LogP contribution is 2.15. The third kappa shape index (κ3) is 14.2. The summed E-state index contributed by atoms with van der Waals surface area (Å²) in [4.78, 5) is 0. The molecule has 1 aromatic carbocycles. The number of aromatic nitrogens is 2. The zero-order valence-electron chi connectivity index (χ0n) is 24.2. The van der Waals surface area contributed by atoms with Crippen molar-refractivity contribution < 1.29 is 4.57 Å². The third-order valence-corrected chi connectivity index (χ3v) is 7.79. The summed E-state index contributed by atoms with van der Waals surface area (Å²) in [5.41, 5.74) is 1.40. The molecule has 0 N–H and O–H groups in total. The Morgan fingerprint density at radius 3 is 1.56 bits per heavy atom. The van der Waals surface area contributed by atoms with Crippen molar-refractivity contribution in [1.82, 2.24) is 4.57 Å². The number of hydrogen-bond donors (Lipinski definition) is 0. The van der Waals surface area contributed by atoms with E-state index in [0.717, 1.165) is 6.54 Å². The fourth-order valence-corrected chi connectivity index (χ4v) is 5.45. The van der Waals surface area contributed by atoms with E-state index in [1.54, 1.807) is 0 Å². The normalized spacial score (nSPS) is 11.4. The van der Waals surface area contributed by atoms with Crippen LogP contribution in [0.5, 0.6) is 0 Å². The molecule has 0 radical (unpaired) electrons. The molecule has 0 saturated carbocycles. The molecule has 0 saturated heterocycles. The van der Waals surface area contributed by atoms with Gasteiger partial charge in [0.1, 0.15) is 18.9 Å². The number of imidazole rings is 1. The molecule has 0 amide bonds. The zero-order valence-corrected chi connectivity index (χ0v) is 24.2. The minimum absolute atomic E-state index is 0.998. The van der Waals surface area contributed by atoms with Crippen LogP contribution < -0.4 is 4.57 Å². The summed E-state index contributed by atoms with van der Waals surface area (Å²) >= 11 is 0. The second-order valence-corrected chi connectivity index (χ2v) is 11.1. The standard InChI is InChI=1S/C34H59N2/c1-3-5-7-9-10-11-12-13-14-15-16-17-18-19-24-28-34-35(29-25-20-8-6-4-2)30-31-36(34)32-33-26-22-21-23-27-33/h21-23,26-27,30-31H,3-20,24-25,28-29,32H2,1-2H3/q+1. The summed E-state index contributed by atoms with van der Waals surface area (Å²) in [6, 6.07) is 11.0. The summed E-state index contributed by atoms with van der Waals surface area (Å²) in [5.74, 6) is 1.53. The number of benzene rings is 1. The van der Waals surface area contributed by atoms with Gasteiger partial charge in [0.05, 0.1) is 6.54 Å². The Morgan fingerprint density at radius 1 is 0.556 bits per heavy atom. The van der Waals surface area contributed by atoms with Crippen LogP contribution in [-0.2, 0) is 19.5 Å². The van der Waals surface area contributed by atoms with Gasteiger partial charge in [0.15, 0.2) is 0 Å². The van der Waals surface area contributed by atoms with Gasteiger partial charge >= 0.3 is 0 Å². The number of unbranched alkanes of at least 4 members (excludes halogenated alkanes) is 18. The molecule has 1 heterocycles. The average Bonchev–Trinajstić information content (AvgIpc) is 3.27. The van der Waals surface area contributed by atoms with Crippen LogP contribution in [0.1, 0.15) is 154 Å². The van der Waals surface area contributed by atoms with E-state index in [-0.39, 0.29) is 0 Å². The van der Waals surface area contributed by atoms with Crippen LogP contribution in [0.4, 0.5) is 0 Å². The molecule has 2 heteroatoms. The van der Waals surface area contributed by atoms with E-state index in [9.17, 15) is 0 Å². The highest BCUT2D eigenvalue weighted by atomic mass is 15.1. The topological polar surface area (TPSA) is 8.81 Å². The molecule has 2 rings (SSSR count). The molecule has 0 bridgehead atoms. The lowest BCUT2D eigenvalue weighted by atomic mass is 10.0. The van der Waals surface area contributed by atoms with Crippen LogP contribution >= 0.6 is 0 Å². The monoisotopic (exact) mass is 495 g/mol. The molecular weight excluding hydrogens is 436 g/mol. The van der Waals surface area contributed by atoms with Gasteiger partial charge in [-0.2, -0.15) is 0 Å². The molecule has 2 nitrogen and oxygen atoms in total. The maximum Gasteiger partial charge on any atom is 0.256 e. The molecule has 0 aliphatic heterocycles. The Hall–Kier alpha value is -1.57. The molecule has 2 aromatic rings. The van der Waals surface area contributed by atoms with Gasteiger partial charge in [-0.1, -0.05) is 153 Å². The second kappa shape index (κ2) is 21.5. The zero-order chi connectivity index (χ0) is 25.5. The smallest absolute Gasteiger partial charge is 0.234 e. The lowest BCUT2D eigenvalue weighted by molar-refractivity contribution is -0.695. The van der Waals surface area contributed by atoms with E-state index in [1.807, 2.05) is 0 Å². The van der Waals surface area contributed by atoms with Gasteiger partial charge in [-0.3, -0.25) is 0 Å². The fraction of sp³-hybridized carbons (Fsp3) is 0.735. The first-order valence-corrected chi connectivity index (χ1v) is 16.0. The molecule has 0 unspecified atom stereocenters. The Labute approximate surface area is 224 Å². The van der Waals surface area contributed by atoms with Gasteiger partial charge in [0.25, 0.3) is 5.82 Å². The van der Waals surface area contributed by atoms with Gasteiger partial charge in [0.2, 0.25) is 0 Å². The number of hydrogen-bond acceptors (Lipinski definition) is 0. The molecule has 0 atom stereocenters. The Bertz CT molecular complexity index is 733. The summed E-state index contributed by atoms with van der Waals surface area (Å²) < 4.78 is 5.06. The van der Waals surface area contributed by atoms with Gasteiger partial charge in [-0.05, 0) is 24.8 Å². The first kappa shape index (κ1) is 30.7. The Balaban J connectivity index is 1.61. The first-order valence-electron chi connectivity index (χ1n) is 16.0. The van der Waals surface area contributed by atoms with Crippen molar-refractivity contribution in [3.8, 4) is 0 Å². The van der Waals surface area contributed by atoms with Crippen LogP contribution in [0.15, 0.2) is 42.7 Å². The molecule has 0 fully saturated rings. The maximum atomic E-state index is 2.55. The maximum absolute atomic E-state index is 2.55. The van der Waals surface area contributed by atoms with Crippen molar-refractivity contribution in [1.29, 1.82) is 0 Å². The summed E-state index contributed by atoms with van der Waals surface area (Å²) in [6.07, 6.45) is 34.1.